The van der Waals surface area contributed by atoms with Crippen LogP contribution < -0.4 is 25.6 Å². The van der Waals surface area contributed by atoms with Crippen molar-refractivity contribution in [3.05, 3.63) is 65.8 Å². The van der Waals surface area contributed by atoms with Crippen LogP contribution in [-0.4, -0.2) is 41.0 Å². The molecule has 176 valence electrons. The van der Waals surface area contributed by atoms with Crippen LogP contribution >= 0.6 is 11.3 Å². The summed E-state index contributed by atoms with van der Waals surface area (Å²) in [5.41, 5.74) is 1.13. The van der Waals surface area contributed by atoms with Crippen LogP contribution in [0.1, 0.15) is 22.5 Å². The minimum atomic E-state index is -0.388. The Balaban J connectivity index is 1.31. The third-order valence-corrected chi connectivity index (χ3v) is 7.11. The summed E-state index contributed by atoms with van der Waals surface area (Å²) in [5, 5.41) is 10.0. The number of thiophene rings is 1. The molecule has 2 aliphatic rings. The molecular formula is C25H22N6O3S. The van der Waals surface area contributed by atoms with Crippen LogP contribution in [0.3, 0.4) is 0 Å². The van der Waals surface area contributed by atoms with Gasteiger partial charge < -0.3 is 20.7 Å². The minimum absolute atomic E-state index is 0.0673. The number of ether oxygens (including phenoxy) is 1. The molecule has 1 fully saturated rings. The lowest BCUT2D eigenvalue weighted by molar-refractivity contribution is 0.0935. The largest absolute Gasteiger partial charge is 0.456 e. The Labute approximate surface area is 205 Å². The van der Waals surface area contributed by atoms with Crippen molar-refractivity contribution in [1.29, 1.82) is 0 Å². The van der Waals surface area contributed by atoms with Gasteiger partial charge in [0.2, 0.25) is 0 Å². The quantitative estimate of drug-likeness (QED) is 0.379. The number of nitrogens with one attached hydrogen (secondary N) is 3. The smallest absolute Gasteiger partial charge is 0.332 e. The molecule has 6 rings (SSSR count). The van der Waals surface area contributed by atoms with Crippen molar-refractivity contribution in [1.82, 2.24) is 20.6 Å². The maximum Gasteiger partial charge on any atom is 0.332 e. The van der Waals surface area contributed by atoms with Gasteiger partial charge in [-0.1, -0.05) is 18.2 Å². The fourth-order valence-electron chi connectivity index (χ4n) is 4.39. The van der Waals surface area contributed by atoms with Crippen molar-refractivity contribution in [2.24, 2.45) is 0 Å². The van der Waals surface area contributed by atoms with Crippen LogP contribution in [-0.2, 0) is 0 Å². The van der Waals surface area contributed by atoms with Crippen LogP contribution in [0.4, 0.5) is 22.0 Å². The number of benzene rings is 1. The number of carbonyl (C=O) groups excluding carboxylic acids is 2. The highest BCUT2D eigenvalue weighted by atomic mass is 32.1. The highest BCUT2D eigenvalue weighted by Crippen LogP contribution is 2.45. The number of anilines is 3. The first-order valence-corrected chi connectivity index (χ1v) is 12.2. The number of carbonyl (C=O) groups is 2. The molecule has 2 aliphatic heterocycles. The molecule has 0 aliphatic carbocycles. The van der Waals surface area contributed by atoms with E-state index in [1.807, 2.05) is 30.3 Å². The van der Waals surface area contributed by atoms with Crippen LogP contribution in [0.2, 0.25) is 0 Å². The van der Waals surface area contributed by atoms with E-state index in [2.05, 4.69) is 25.9 Å². The zero-order valence-corrected chi connectivity index (χ0v) is 19.5. The third kappa shape index (κ3) is 4.07. The number of para-hydroxylation sites is 1. The normalized spacial score (nSPS) is 17.2. The molecule has 1 saturated heterocycles. The zero-order valence-electron chi connectivity index (χ0n) is 18.7. The lowest BCUT2D eigenvalue weighted by Crippen LogP contribution is -2.45. The number of rotatable bonds is 5. The van der Waals surface area contributed by atoms with E-state index in [0.717, 1.165) is 31.3 Å². The predicted octanol–water partition coefficient (Wildman–Crippen LogP) is 4.65. The summed E-state index contributed by atoms with van der Waals surface area (Å²) >= 11 is 1.28. The summed E-state index contributed by atoms with van der Waals surface area (Å²) in [6, 6.07) is 14.4. The second kappa shape index (κ2) is 8.97. The Bertz CT molecular complexity index is 1400. The standard InChI is InChI=1S/C25H22N6O3S/c32-23(29-15-5-4-11-26-13-15)22-21-20-18(10-12-27-24(20)35-22)31(25(33)30-21)19-9-8-17(14-28-19)34-16-6-2-1-3-7-16/h1-3,6-10,12,14-15,26H,4-5,11,13H2,(H,29,32)(H,30,33)/t15-/m0/s1. The van der Waals surface area contributed by atoms with Gasteiger partial charge in [0, 0.05) is 18.8 Å². The predicted molar refractivity (Wildman–Crippen MR) is 135 cm³/mol. The van der Waals surface area contributed by atoms with Gasteiger partial charge in [0.15, 0.2) is 0 Å². The Hall–Kier alpha value is -4.02. The second-order valence-electron chi connectivity index (χ2n) is 8.37. The van der Waals surface area contributed by atoms with Crippen molar-refractivity contribution >= 4 is 50.7 Å². The lowest BCUT2D eigenvalue weighted by atomic mass is 10.1. The van der Waals surface area contributed by atoms with Gasteiger partial charge in [-0.25, -0.2) is 19.7 Å². The summed E-state index contributed by atoms with van der Waals surface area (Å²) in [6.07, 6.45) is 5.17. The Morgan fingerprint density at radius 1 is 1.11 bits per heavy atom. The Morgan fingerprint density at radius 3 is 2.77 bits per heavy atom. The summed E-state index contributed by atoms with van der Waals surface area (Å²) in [4.78, 5) is 37.9. The fourth-order valence-corrected chi connectivity index (χ4v) is 5.41. The molecule has 0 bridgehead atoms. The van der Waals surface area contributed by atoms with Gasteiger partial charge in [-0.15, -0.1) is 11.3 Å². The van der Waals surface area contributed by atoms with Gasteiger partial charge in [-0.05, 0) is 49.7 Å². The second-order valence-corrected chi connectivity index (χ2v) is 9.37. The Kier molecular flexibility index (Phi) is 5.51. The highest BCUT2D eigenvalue weighted by Gasteiger charge is 2.33. The van der Waals surface area contributed by atoms with E-state index < -0.39 is 0 Å². The third-order valence-electron chi connectivity index (χ3n) is 6.01. The van der Waals surface area contributed by atoms with Gasteiger partial charge in [-0.2, -0.15) is 0 Å². The van der Waals surface area contributed by atoms with Crippen molar-refractivity contribution in [3.63, 3.8) is 0 Å². The van der Waals surface area contributed by atoms with E-state index in [9.17, 15) is 9.59 Å². The summed E-state index contributed by atoms with van der Waals surface area (Å²) in [5.74, 6) is 1.50. The molecule has 0 radical (unpaired) electrons. The number of hydrogen-bond acceptors (Lipinski definition) is 7. The molecule has 3 amide bonds. The monoisotopic (exact) mass is 486 g/mol. The van der Waals surface area contributed by atoms with Crippen LogP contribution in [0.5, 0.6) is 11.5 Å². The van der Waals surface area contributed by atoms with Crippen LogP contribution in [0, 0.1) is 0 Å². The minimum Gasteiger partial charge on any atom is -0.456 e. The van der Waals surface area contributed by atoms with Crippen molar-refractivity contribution < 1.29 is 14.3 Å². The topological polar surface area (TPSA) is 108 Å². The number of hydrogen-bond donors (Lipinski definition) is 3. The van der Waals surface area contributed by atoms with Crippen molar-refractivity contribution in [2.75, 3.05) is 23.3 Å². The SMILES string of the molecule is O=C(N[C@H]1CCCNC1)c1sc2nccc3c2c1NC(=O)N3c1ccc(Oc2ccccc2)cn1. The number of pyridine rings is 2. The van der Waals surface area contributed by atoms with E-state index >= 15 is 0 Å². The van der Waals surface area contributed by atoms with Crippen LogP contribution in [0.15, 0.2) is 60.9 Å². The molecule has 10 heteroatoms. The molecule has 3 aromatic heterocycles. The van der Waals surface area contributed by atoms with Gasteiger partial charge in [-0.3, -0.25) is 4.79 Å². The molecule has 1 atom stereocenters. The Morgan fingerprint density at radius 2 is 2.00 bits per heavy atom. The van der Waals surface area contributed by atoms with Gasteiger partial charge in [0.25, 0.3) is 5.91 Å². The molecule has 0 unspecified atom stereocenters. The lowest BCUT2D eigenvalue weighted by Gasteiger charge is -2.28. The van der Waals surface area contributed by atoms with E-state index in [-0.39, 0.29) is 18.0 Å². The molecule has 3 N–H and O–H groups in total. The van der Waals surface area contributed by atoms with Crippen LogP contribution in [0.25, 0.3) is 10.2 Å². The van der Waals surface area contributed by atoms with Gasteiger partial charge in [0.05, 0.1) is 23.0 Å². The van der Waals surface area contributed by atoms with E-state index in [0.29, 0.717) is 38.4 Å². The molecule has 1 aromatic carbocycles. The molecule has 4 aromatic rings. The average Bonchev–Trinajstić information content (AvgIpc) is 3.26. The molecule has 35 heavy (non-hydrogen) atoms. The number of piperidine rings is 1. The van der Waals surface area contributed by atoms with E-state index in [1.54, 1.807) is 30.6 Å². The number of aromatic nitrogens is 2. The highest BCUT2D eigenvalue weighted by molar-refractivity contribution is 7.21. The fraction of sp³-hybridized carbons (Fsp3) is 0.200. The van der Waals surface area contributed by atoms with E-state index in [1.165, 1.54) is 16.2 Å². The maximum atomic E-state index is 13.2. The molecule has 0 saturated carbocycles. The first-order chi connectivity index (χ1) is 17.2. The number of nitrogens with zero attached hydrogens (tertiary/aromatic N) is 3. The summed E-state index contributed by atoms with van der Waals surface area (Å²) < 4.78 is 5.81. The first-order valence-electron chi connectivity index (χ1n) is 11.4. The summed E-state index contributed by atoms with van der Waals surface area (Å²) in [6.45, 7) is 1.71. The molecule has 5 heterocycles. The van der Waals surface area contributed by atoms with Gasteiger partial charge in [0.1, 0.15) is 27.0 Å². The van der Waals surface area contributed by atoms with Gasteiger partial charge >= 0.3 is 6.03 Å². The molecule has 0 spiro atoms. The first kappa shape index (κ1) is 21.5. The molecule has 9 nitrogen and oxygen atoms in total. The summed E-state index contributed by atoms with van der Waals surface area (Å²) in [7, 11) is 0. The van der Waals surface area contributed by atoms with Crippen molar-refractivity contribution in [2.45, 2.75) is 18.9 Å². The number of urea groups is 1. The maximum absolute atomic E-state index is 13.2. The number of amides is 3. The molecular weight excluding hydrogens is 464 g/mol. The van der Waals surface area contributed by atoms with E-state index in [4.69, 9.17) is 4.74 Å². The van der Waals surface area contributed by atoms with Crippen molar-refractivity contribution in [3.8, 4) is 11.5 Å². The zero-order chi connectivity index (χ0) is 23.8. The average molecular weight is 487 g/mol.